The minimum atomic E-state index is -0.822. The smallest absolute Gasteiger partial charge is 0.243 e. The molecule has 0 radical (unpaired) electrons. The second-order valence-electron chi connectivity index (χ2n) is 4.44. The molecule has 6 nitrogen and oxygen atoms in total. The van der Waals surface area contributed by atoms with Crippen LogP contribution < -0.4 is 16.0 Å². The van der Waals surface area contributed by atoms with E-state index >= 15 is 0 Å². The summed E-state index contributed by atoms with van der Waals surface area (Å²) in [6.07, 6.45) is 5.22. The van der Waals surface area contributed by atoms with Crippen molar-refractivity contribution in [1.82, 2.24) is 16.0 Å². The normalized spacial score (nSPS) is 32.6. The summed E-state index contributed by atoms with van der Waals surface area (Å²) in [5, 5.41) is 18.3. The highest BCUT2D eigenvalue weighted by Crippen LogP contribution is 2.05. The summed E-state index contributed by atoms with van der Waals surface area (Å²) in [6, 6.07) is -0.463. The molecule has 0 aromatic heterocycles. The van der Waals surface area contributed by atoms with Crippen molar-refractivity contribution in [2.24, 2.45) is 0 Å². The quantitative estimate of drug-likeness (QED) is 0.489. The molecule has 0 spiro atoms. The summed E-state index contributed by atoms with van der Waals surface area (Å²) in [4.78, 5) is 21.8. The van der Waals surface area contributed by atoms with Crippen LogP contribution in [0.3, 0.4) is 0 Å². The van der Waals surface area contributed by atoms with Crippen LogP contribution in [0.25, 0.3) is 0 Å². The van der Waals surface area contributed by atoms with Crippen molar-refractivity contribution in [3.05, 3.63) is 12.2 Å². The van der Waals surface area contributed by atoms with E-state index in [0.717, 1.165) is 12.8 Å². The largest absolute Gasteiger partial charge is 0.376 e. The van der Waals surface area contributed by atoms with E-state index in [-0.39, 0.29) is 18.0 Å². The summed E-state index contributed by atoms with van der Waals surface area (Å²) in [5.41, 5.74) is 0. The van der Waals surface area contributed by atoms with Crippen molar-refractivity contribution < 1.29 is 14.7 Å². The first-order chi connectivity index (χ1) is 8.63. The van der Waals surface area contributed by atoms with Gasteiger partial charge in [0.15, 0.2) is 0 Å². The molecule has 2 amide bonds. The zero-order chi connectivity index (χ0) is 13.4. The Morgan fingerprint density at radius 3 is 3.00 bits per heavy atom. The van der Waals surface area contributed by atoms with Crippen LogP contribution in [0.5, 0.6) is 0 Å². The van der Waals surface area contributed by atoms with Gasteiger partial charge in [0.2, 0.25) is 12.3 Å². The van der Waals surface area contributed by atoms with Crippen LogP contribution in [0.15, 0.2) is 12.2 Å². The summed E-state index contributed by atoms with van der Waals surface area (Å²) in [6.45, 7) is 2.44. The van der Waals surface area contributed by atoms with Gasteiger partial charge in [-0.1, -0.05) is 6.08 Å². The SMILES string of the molecule is C[C@H]1/C=C/C(=O)NCCCC[C@@H](NC=O)C(O)N1. The molecular weight excluding hydrogens is 234 g/mol. The molecule has 1 unspecified atom stereocenters. The van der Waals surface area contributed by atoms with Crippen molar-refractivity contribution in [2.75, 3.05) is 6.54 Å². The Morgan fingerprint density at radius 1 is 1.50 bits per heavy atom. The van der Waals surface area contributed by atoms with Gasteiger partial charge in [-0.2, -0.15) is 0 Å². The molecule has 0 saturated carbocycles. The van der Waals surface area contributed by atoms with Crippen molar-refractivity contribution >= 4 is 12.3 Å². The van der Waals surface area contributed by atoms with Gasteiger partial charge in [-0.15, -0.1) is 0 Å². The number of nitrogens with one attached hydrogen (secondary N) is 3. The Balaban J connectivity index is 2.65. The van der Waals surface area contributed by atoms with Crippen molar-refractivity contribution in [1.29, 1.82) is 0 Å². The third-order valence-electron chi connectivity index (χ3n) is 2.87. The maximum absolute atomic E-state index is 11.3. The molecular formula is C12H21N3O3. The van der Waals surface area contributed by atoms with E-state index < -0.39 is 6.23 Å². The number of carbonyl (C=O) groups is 2. The third kappa shape index (κ3) is 5.29. The van der Waals surface area contributed by atoms with E-state index in [1.165, 1.54) is 6.08 Å². The Hall–Kier alpha value is -1.40. The monoisotopic (exact) mass is 255 g/mol. The lowest BCUT2D eigenvalue weighted by molar-refractivity contribution is -0.116. The van der Waals surface area contributed by atoms with E-state index in [1.807, 2.05) is 6.92 Å². The van der Waals surface area contributed by atoms with Gasteiger partial charge in [0.25, 0.3) is 0 Å². The van der Waals surface area contributed by atoms with Crippen LogP contribution in [0.2, 0.25) is 0 Å². The zero-order valence-electron chi connectivity index (χ0n) is 10.6. The van der Waals surface area contributed by atoms with Crippen molar-refractivity contribution in [2.45, 2.75) is 44.5 Å². The summed E-state index contributed by atoms with van der Waals surface area (Å²) in [7, 11) is 0. The highest BCUT2D eigenvalue weighted by Gasteiger charge is 2.19. The number of aliphatic hydroxyl groups is 1. The first kappa shape index (κ1) is 14.7. The van der Waals surface area contributed by atoms with Gasteiger partial charge in [-0.25, -0.2) is 0 Å². The van der Waals surface area contributed by atoms with Crippen LogP contribution in [0, 0.1) is 0 Å². The van der Waals surface area contributed by atoms with E-state index in [0.29, 0.717) is 19.4 Å². The zero-order valence-corrected chi connectivity index (χ0v) is 10.6. The van der Waals surface area contributed by atoms with Gasteiger partial charge < -0.3 is 15.7 Å². The van der Waals surface area contributed by atoms with Gasteiger partial charge in [-0.05, 0) is 26.2 Å². The van der Waals surface area contributed by atoms with E-state index in [9.17, 15) is 14.7 Å². The van der Waals surface area contributed by atoms with Crippen molar-refractivity contribution in [3.63, 3.8) is 0 Å². The molecule has 18 heavy (non-hydrogen) atoms. The van der Waals surface area contributed by atoms with E-state index in [4.69, 9.17) is 0 Å². The molecule has 1 rings (SSSR count). The average molecular weight is 255 g/mol. The molecule has 3 atom stereocenters. The number of carbonyl (C=O) groups excluding carboxylic acids is 2. The Kier molecular flexibility index (Phi) is 6.38. The van der Waals surface area contributed by atoms with Crippen LogP contribution in [0.1, 0.15) is 26.2 Å². The Labute approximate surface area is 107 Å². The second kappa shape index (κ2) is 7.84. The van der Waals surface area contributed by atoms with Crippen LogP contribution in [-0.2, 0) is 9.59 Å². The standard InChI is InChI=1S/C12H21N3O3/c1-9-5-6-11(17)13-7-3-2-4-10(14-8-16)12(18)15-9/h5-6,8-10,12,15,18H,2-4,7H2,1H3,(H,13,17)(H,14,16)/b6-5+/t9-,10+,12?/m0/s1. The summed E-state index contributed by atoms with van der Waals surface area (Å²) >= 11 is 0. The van der Waals surface area contributed by atoms with Crippen LogP contribution >= 0.6 is 0 Å². The molecule has 0 aromatic rings. The molecule has 1 aliphatic rings. The molecule has 0 aromatic carbocycles. The summed E-state index contributed by atoms with van der Waals surface area (Å²) in [5.74, 6) is -0.124. The Bertz CT molecular complexity index is 307. The van der Waals surface area contributed by atoms with Gasteiger partial charge in [-0.3, -0.25) is 14.9 Å². The molecule has 6 heteroatoms. The number of hydrogen-bond donors (Lipinski definition) is 4. The molecule has 4 N–H and O–H groups in total. The topological polar surface area (TPSA) is 90.5 Å². The average Bonchev–Trinajstić information content (AvgIpc) is 2.33. The minimum absolute atomic E-state index is 0.124. The third-order valence-corrected chi connectivity index (χ3v) is 2.87. The number of hydrogen-bond acceptors (Lipinski definition) is 4. The maximum Gasteiger partial charge on any atom is 0.243 e. The lowest BCUT2D eigenvalue weighted by atomic mass is 10.1. The molecule has 102 valence electrons. The fourth-order valence-electron chi connectivity index (χ4n) is 1.85. The van der Waals surface area contributed by atoms with Gasteiger partial charge in [0, 0.05) is 18.7 Å². The molecule has 0 aliphatic carbocycles. The van der Waals surface area contributed by atoms with Gasteiger partial charge >= 0.3 is 0 Å². The fraction of sp³-hybridized carbons (Fsp3) is 0.667. The molecule has 0 saturated heterocycles. The van der Waals surface area contributed by atoms with E-state index in [2.05, 4.69) is 16.0 Å². The highest BCUT2D eigenvalue weighted by atomic mass is 16.3. The first-order valence-corrected chi connectivity index (χ1v) is 6.23. The second-order valence-corrected chi connectivity index (χ2v) is 4.44. The highest BCUT2D eigenvalue weighted by molar-refractivity contribution is 5.87. The lowest BCUT2D eigenvalue weighted by Gasteiger charge is -2.25. The molecule has 1 aliphatic heterocycles. The Morgan fingerprint density at radius 2 is 2.28 bits per heavy atom. The summed E-state index contributed by atoms with van der Waals surface area (Å²) < 4.78 is 0. The number of aliphatic hydroxyl groups excluding tert-OH is 1. The number of rotatable bonds is 2. The molecule has 0 fully saturated rings. The van der Waals surface area contributed by atoms with Gasteiger partial charge in [0.05, 0.1) is 6.04 Å². The fourth-order valence-corrected chi connectivity index (χ4v) is 1.85. The van der Waals surface area contributed by atoms with Crippen molar-refractivity contribution in [3.8, 4) is 0 Å². The first-order valence-electron chi connectivity index (χ1n) is 6.23. The van der Waals surface area contributed by atoms with Gasteiger partial charge in [0.1, 0.15) is 6.23 Å². The maximum atomic E-state index is 11.3. The number of amides is 2. The predicted molar refractivity (Wildman–Crippen MR) is 67.6 cm³/mol. The van der Waals surface area contributed by atoms with Crippen LogP contribution in [-0.4, -0.2) is 42.3 Å². The lowest BCUT2D eigenvalue weighted by Crippen LogP contribution is -2.50. The van der Waals surface area contributed by atoms with Crippen LogP contribution in [0.4, 0.5) is 0 Å². The minimum Gasteiger partial charge on any atom is -0.376 e. The molecule has 1 heterocycles. The van der Waals surface area contributed by atoms with E-state index in [1.54, 1.807) is 6.08 Å². The predicted octanol–water partition coefficient (Wildman–Crippen LogP) is -0.746. The molecule has 0 bridgehead atoms.